The van der Waals surface area contributed by atoms with Gasteiger partial charge >= 0.3 is 0 Å². The Kier molecular flexibility index (Phi) is 3.59. The summed E-state index contributed by atoms with van der Waals surface area (Å²) in [6.45, 7) is 6.64. The summed E-state index contributed by atoms with van der Waals surface area (Å²) in [6.07, 6.45) is 2.01. The van der Waals surface area contributed by atoms with Crippen LogP contribution in [0.25, 0.3) is 5.69 Å². The van der Waals surface area contributed by atoms with E-state index in [4.69, 9.17) is 28.9 Å². The van der Waals surface area contributed by atoms with Crippen LogP contribution < -0.4 is 5.73 Å². The average molecular weight is 323 g/mol. The van der Waals surface area contributed by atoms with Crippen molar-refractivity contribution in [2.24, 2.45) is 11.1 Å². The second-order valence-corrected chi connectivity index (χ2v) is 7.61. The summed E-state index contributed by atoms with van der Waals surface area (Å²) in [5.41, 5.74) is 11.2. The molecule has 1 aromatic carbocycles. The predicted molar refractivity (Wildman–Crippen MR) is 89.6 cm³/mol. The first-order valence-electron chi connectivity index (χ1n) is 7.21. The Labute approximate surface area is 135 Å². The Morgan fingerprint density at radius 1 is 1.24 bits per heavy atom. The van der Waals surface area contributed by atoms with Gasteiger partial charge in [-0.15, -0.1) is 0 Å². The van der Waals surface area contributed by atoms with Gasteiger partial charge in [0.15, 0.2) is 0 Å². The van der Waals surface area contributed by atoms with Gasteiger partial charge in [-0.1, -0.05) is 37.0 Å². The Morgan fingerprint density at radius 2 is 1.95 bits per heavy atom. The van der Waals surface area contributed by atoms with E-state index in [1.54, 1.807) is 6.07 Å². The van der Waals surface area contributed by atoms with Crippen molar-refractivity contribution in [2.45, 2.75) is 39.7 Å². The van der Waals surface area contributed by atoms with Crippen molar-refractivity contribution >= 4 is 23.2 Å². The molecule has 112 valence electrons. The number of nitrogens with two attached hydrogens (primary N) is 1. The fourth-order valence-corrected chi connectivity index (χ4v) is 3.94. The quantitative estimate of drug-likeness (QED) is 0.781. The van der Waals surface area contributed by atoms with Crippen molar-refractivity contribution in [2.75, 3.05) is 0 Å². The third kappa shape index (κ3) is 2.61. The van der Waals surface area contributed by atoms with E-state index in [1.165, 1.54) is 11.3 Å². The number of benzene rings is 1. The molecular weight excluding hydrogens is 303 g/mol. The molecule has 1 aliphatic carbocycles. The molecule has 2 aromatic rings. The molecule has 0 spiro atoms. The Morgan fingerprint density at radius 3 is 2.62 bits per heavy atom. The van der Waals surface area contributed by atoms with Crippen LogP contribution in [-0.2, 0) is 6.42 Å². The molecule has 1 heterocycles. The highest BCUT2D eigenvalue weighted by Gasteiger charge is 2.33. The van der Waals surface area contributed by atoms with Gasteiger partial charge in [0.25, 0.3) is 0 Å². The van der Waals surface area contributed by atoms with Crippen LogP contribution in [-0.4, -0.2) is 4.57 Å². The number of hydrogen-bond donors (Lipinski definition) is 1. The normalized spacial score (nSPS) is 20.4. The Bertz CT molecular complexity index is 701. The van der Waals surface area contributed by atoms with Gasteiger partial charge in [0.1, 0.15) is 0 Å². The highest BCUT2D eigenvalue weighted by molar-refractivity contribution is 6.35. The van der Waals surface area contributed by atoms with E-state index in [0.29, 0.717) is 10.0 Å². The molecule has 0 aliphatic heterocycles. The fraction of sp³-hybridized carbons (Fsp3) is 0.412. The summed E-state index contributed by atoms with van der Waals surface area (Å²) in [6, 6.07) is 7.93. The molecule has 0 bridgehead atoms. The van der Waals surface area contributed by atoms with Crippen LogP contribution in [0.5, 0.6) is 0 Å². The first kappa shape index (κ1) is 15.0. The summed E-state index contributed by atoms with van der Waals surface area (Å²) in [7, 11) is 0. The summed E-state index contributed by atoms with van der Waals surface area (Å²) in [5.74, 6) is 0. The number of hydrogen-bond acceptors (Lipinski definition) is 1. The van der Waals surface area contributed by atoms with Crippen LogP contribution >= 0.6 is 23.2 Å². The number of halogens is 2. The van der Waals surface area contributed by atoms with Crippen LogP contribution in [0.15, 0.2) is 24.3 Å². The zero-order valence-corrected chi connectivity index (χ0v) is 14.1. The Hall–Kier alpha value is -0.960. The van der Waals surface area contributed by atoms with E-state index in [-0.39, 0.29) is 11.5 Å². The van der Waals surface area contributed by atoms with Crippen LogP contribution in [0.3, 0.4) is 0 Å². The fourth-order valence-electron chi connectivity index (χ4n) is 3.45. The summed E-state index contributed by atoms with van der Waals surface area (Å²) < 4.78 is 2.23. The second kappa shape index (κ2) is 5.05. The van der Waals surface area contributed by atoms with Crippen molar-refractivity contribution in [1.29, 1.82) is 0 Å². The summed E-state index contributed by atoms with van der Waals surface area (Å²) in [5, 5.41) is 1.32. The molecule has 2 nitrogen and oxygen atoms in total. The van der Waals surface area contributed by atoms with E-state index in [9.17, 15) is 0 Å². The average Bonchev–Trinajstić information content (AvgIpc) is 2.65. The summed E-state index contributed by atoms with van der Waals surface area (Å²) >= 11 is 12.4. The van der Waals surface area contributed by atoms with Crippen LogP contribution in [0, 0.1) is 12.3 Å². The highest BCUT2D eigenvalue weighted by Crippen LogP contribution is 2.42. The van der Waals surface area contributed by atoms with Gasteiger partial charge in [-0.25, -0.2) is 0 Å². The van der Waals surface area contributed by atoms with Crippen molar-refractivity contribution in [1.82, 2.24) is 4.57 Å². The minimum atomic E-state index is 0.0924. The van der Waals surface area contributed by atoms with Gasteiger partial charge in [0.2, 0.25) is 0 Å². The van der Waals surface area contributed by atoms with Gasteiger partial charge in [0, 0.05) is 22.5 Å². The third-order valence-electron chi connectivity index (χ3n) is 4.29. The van der Waals surface area contributed by atoms with Crippen molar-refractivity contribution in [3.63, 3.8) is 0 Å². The van der Waals surface area contributed by atoms with Gasteiger partial charge in [-0.2, -0.15) is 0 Å². The van der Waals surface area contributed by atoms with E-state index in [2.05, 4.69) is 31.4 Å². The van der Waals surface area contributed by atoms with Crippen molar-refractivity contribution in [3.8, 4) is 5.69 Å². The maximum atomic E-state index is 6.41. The topological polar surface area (TPSA) is 30.9 Å². The van der Waals surface area contributed by atoms with E-state index >= 15 is 0 Å². The lowest BCUT2D eigenvalue weighted by molar-refractivity contribution is 0.278. The molecule has 21 heavy (non-hydrogen) atoms. The molecule has 0 saturated heterocycles. The SMILES string of the molecule is Cc1cc2c(n1-c1ccc(Cl)cc1Cl)CC(C)(C)CC2N. The minimum absolute atomic E-state index is 0.0924. The van der Waals surface area contributed by atoms with Gasteiger partial charge in [-0.05, 0) is 55.0 Å². The zero-order chi connectivity index (χ0) is 15.4. The maximum absolute atomic E-state index is 6.41. The lowest BCUT2D eigenvalue weighted by Gasteiger charge is -2.34. The monoisotopic (exact) mass is 322 g/mol. The number of fused-ring (bicyclic) bond motifs is 1. The molecular formula is C17H20Cl2N2. The number of aryl methyl sites for hydroxylation is 1. The molecule has 0 fully saturated rings. The highest BCUT2D eigenvalue weighted by atomic mass is 35.5. The van der Waals surface area contributed by atoms with Crippen molar-refractivity contribution < 1.29 is 0 Å². The first-order valence-corrected chi connectivity index (χ1v) is 7.96. The van der Waals surface area contributed by atoms with E-state index in [1.807, 2.05) is 12.1 Å². The minimum Gasteiger partial charge on any atom is -0.324 e. The maximum Gasteiger partial charge on any atom is 0.0661 e. The molecule has 0 saturated carbocycles. The largest absolute Gasteiger partial charge is 0.324 e. The second-order valence-electron chi connectivity index (χ2n) is 6.77. The molecule has 0 radical (unpaired) electrons. The Balaban J connectivity index is 2.21. The number of rotatable bonds is 1. The predicted octanol–water partition coefficient (Wildman–Crippen LogP) is 5.06. The molecule has 1 atom stereocenters. The van der Waals surface area contributed by atoms with Crippen LogP contribution in [0.2, 0.25) is 10.0 Å². The van der Waals surface area contributed by atoms with Gasteiger partial charge < -0.3 is 10.3 Å². The molecule has 4 heteroatoms. The smallest absolute Gasteiger partial charge is 0.0661 e. The third-order valence-corrected chi connectivity index (χ3v) is 4.83. The molecule has 1 aromatic heterocycles. The number of aromatic nitrogens is 1. The van der Waals surface area contributed by atoms with Crippen LogP contribution in [0.4, 0.5) is 0 Å². The van der Waals surface area contributed by atoms with Crippen LogP contribution in [0.1, 0.15) is 43.3 Å². The van der Waals surface area contributed by atoms with Gasteiger partial charge in [0.05, 0.1) is 10.7 Å². The molecule has 1 unspecified atom stereocenters. The van der Waals surface area contributed by atoms with E-state index in [0.717, 1.165) is 24.2 Å². The molecule has 3 rings (SSSR count). The van der Waals surface area contributed by atoms with Gasteiger partial charge in [-0.3, -0.25) is 0 Å². The zero-order valence-electron chi connectivity index (χ0n) is 12.6. The van der Waals surface area contributed by atoms with Crippen molar-refractivity contribution in [3.05, 3.63) is 51.3 Å². The molecule has 1 aliphatic rings. The number of nitrogens with zero attached hydrogens (tertiary/aromatic N) is 1. The molecule has 2 N–H and O–H groups in total. The lowest BCUT2D eigenvalue weighted by atomic mass is 9.74. The molecule has 0 amide bonds. The van der Waals surface area contributed by atoms with E-state index < -0.39 is 0 Å². The first-order chi connectivity index (χ1) is 9.78. The lowest BCUT2D eigenvalue weighted by Crippen LogP contribution is -2.30. The standard InChI is InChI=1S/C17H20Cl2N2/c1-10-6-12-14(20)8-17(2,3)9-16(12)21(10)15-5-4-11(18)7-13(15)19/h4-7,14H,8-9,20H2,1-3H3. The summed E-state index contributed by atoms with van der Waals surface area (Å²) in [4.78, 5) is 0.